The van der Waals surface area contributed by atoms with E-state index in [9.17, 15) is 19.8 Å². The fraction of sp³-hybridized carbons (Fsp3) is 0.429. The first-order chi connectivity index (χ1) is 35.1. The van der Waals surface area contributed by atoms with Crippen LogP contribution in [0.1, 0.15) is 66.0 Å². The zero-order valence-electron chi connectivity index (χ0n) is 42.0. The first-order valence-corrected chi connectivity index (χ1v) is 24.9. The van der Waals surface area contributed by atoms with Crippen molar-refractivity contribution in [3.63, 3.8) is 0 Å². The smallest absolute Gasteiger partial charge is 0.246 e. The van der Waals surface area contributed by atoms with Gasteiger partial charge in [0, 0.05) is 93.1 Å². The molecule has 0 aromatic heterocycles. The summed E-state index contributed by atoms with van der Waals surface area (Å²) < 4.78 is 34.8. The van der Waals surface area contributed by atoms with Crippen LogP contribution in [0.15, 0.2) is 82.8 Å². The van der Waals surface area contributed by atoms with Gasteiger partial charge >= 0.3 is 0 Å². The molecule has 382 valence electrons. The van der Waals surface area contributed by atoms with Crippen LogP contribution in [0.2, 0.25) is 0 Å². The van der Waals surface area contributed by atoms with Crippen molar-refractivity contribution in [2.24, 2.45) is 9.98 Å². The van der Waals surface area contributed by atoms with Gasteiger partial charge in [0.1, 0.15) is 37.9 Å². The molecular weight excluding hydrogens is 917 g/mol. The molecule has 0 unspecified atom stereocenters. The number of amides is 1. The molecule has 0 spiro atoms. The number of rotatable bonds is 18. The lowest BCUT2D eigenvalue weighted by molar-refractivity contribution is -0.127. The number of hydrogen-bond donors (Lipinski definition) is 2. The molecular formula is C56H68N6O10. The second-order valence-corrected chi connectivity index (χ2v) is 18.5. The van der Waals surface area contributed by atoms with Crippen LogP contribution in [0.4, 0.5) is 11.4 Å². The van der Waals surface area contributed by atoms with Gasteiger partial charge in [0.25, 0.3) is 0 Å². The van der Waals surface area contributed by atoms with Crippen molar-refractivity contribution in [3.05, 3.63) is 106 Å². The molecule has 9 rings (SSSR count). The summed E-state index contributed by atoms with van der Waals surface area (Å²) in [5, 5.41) is 19.6. The maximum absolute atomic E-state index is 12.5. The number of benzene rings is 4. The lowest BCUT2D eigenvalue weighted by Crippen LogP contribution is -2.46. The molecule has 5 aliphatic rings. The van der Waals surface area contributed by atoms with Gasteiger partial charge < -0.3 is 48.4 Å². The number of carbonyl (C=O) groups excluding carboxylic acids is 2. The molecule has 0 aliphatic carbocycles. The van der Waals surface area contributed by atoms with Gasteiger partial charge in [0.2, 0.25) is 5.91 Å². The normalized spacial score (nSPS) is 18.6. The van der Waals surface area contributed by atoms with Crippen LogP contribution in [0, 0.1) is 0 Å². The summed E-state index contributed by atoms with van der Waals surface area (Å²) in [5.41, 5.74) is 7.16. The molecule has 1 amide bonds. The Morgan fingerprint density at radius 1 is 0.597 bits per heavy atom. The summed E-state index contributed by atoms with van der Waals surface area (Å²) in [6.07, 6.45) is 15.4. The van der Waals surface area contributed by atoms with E-state index in [2.05, 4.69) is 21.7 Å². The number of hydrogen-bond acceptors (Lipinski definition) is 15. The number of aliphatic imine (C=N–C) groups is 2. The molecule has 4 aromatic rings. The molecule has 4 aromatic carbocycles. The zero-order chi connectivity index (χ0) is 50.4. The monoisotopic (exact) mass is 984 g/mol. The Labute approximate surface area is 422 Å². The lowest BCUT2D eigenvalue weighted by Gasteiger charge is -2.31. The fourth-order valence-corrected chi connectivity index (χ4v) is 9.48. The first-order valence-electron chi connectivity index (χ1n) is 24.9. The Morgan fingerprint density at radius 2 is 1.11 bits per heavy atom. The van der Waals surface area contributed by atoms with Crippen molar-refractivity contribution in [2.75, 3.05) is 87.0 Å². The average molecular weight is 985 g/mol. The predicted octanol–water partition coefficient (Wildman–Crippen LogP) is 7.04. The van der Waals surface area contributed by atoms with E-state index in [-0.39, 0.29) is 24.9 Å². The zero-order valence-corrected chi connectivity index (χ0v) is 42.0. The molecule has 0 radical (unpaired) electrons. The third kappa shape index (κ3) is 13.5. The highest BCUT2D eigenvalue weighted by Crippen LogP contribution is 2.39. The Balaban J connectivity index is 0.000000195. The predicted molar refractivity (Wildman–Crippen MR) is 279 cm³/mol. The number of aliphatic hydroxyl groups excluding tert-OH is 2. The highest BCUT2D eigenvalue weighted by Gasteiger charge is 2.28. The minimum atomic E-state index is -0.160. The van der Waals surface area contributed by atoms with E-state index in [1.54, 1.807) is 44.6 Å². The lowest BCUT2D eigenvalue weighted by atomic mass is 10.1. The van der Waals surface area contributed by atoms with E-state index in [1.807, 2.05) is 65.9 Å². The van der Waals surface area contributed by atoms with Gasteiger partial charge in [0.05, 0.1) is 38.8 Å². The molecule has 3 fully saturated rings. The summed E-state index contributed by atoms with van der Waals surface area (Å²) in [4.78, 5) is 42.0. The SMILES string of the molecule is COc1cc(/C=C/C(=O)N2CCN(C)CC2)ccc1OCCOc1cc2c(cc1CO)CN1CCC[C@H]1C=N2.COc1cc2c(cc1OCCOc1ccc(/C=C/C(C)=O)cc1CO)N=C[C@@H]1CCCN1C2. The van der Waals surface area contributed by atoms with Crippen LogP contribution in [-0.2, 0) is 35.9 Å². The highest BCUT2D eigenvalue weighted by molar-refractivity contribution is 5.92. The van der Waals surface area contributed by atoms with E-state index in [4.69, 9.17) is 38.4 Å². The van der Waals surface area contributed by atoms with Crippen molar-refractivity contribution in [1.29, 1.82) is 0 Å². The van der Waals surface area contributed by atoms with Gasteiger partial charge in [-0.1, -0.05) is 18.2 Å². The van der Waals surface area contributed by atoms with Gasteiger partial charge in [-0.2, -0.15) is 0 Å². The minimum Gasteiger partial charge on any atom is -0.493 e. The van der Waals surface area contributed by atoms with Crippen LogP contribution in [0.3, 0.4) is 0 Å². The van der Waals surface area contributed by atoms with E-state index >= 15 is 0 Å². The first kappa shape index (κ1) is 51.8. The maximum atomic E-state index is 12.5. The van der Waals surface area contributed by atoms with Gasteiger partial charge in [-0.05, 0) is 124 Å². The number of carbonyl (C=O) groups is 2. The Bertz CT molecular complexity index is 2640. The molecule has 0 saturated carbocycles. The third-order valence-corrected chi connectivity index (χ3v) is 13.5. The van der Waals surface area contributed by atoms with Gasteiger partial charge in [-0.25, -0.2) is 0 Å². The fourth-order valence-electron chi connectivity index (χ4n) is 9.48. The number of likely N-dealkylation sites (N-methyl/N-ethyl adjacent to an activating group) is 1. The molecule has 16 nitrogen and oxygen atoms in total. The van der Waals surface area contributed by atoms with Crippen LogP contribution < -0.4 is 28.4 Å². The van der Waals surface area contributed by atoms with Gasteiger partial charge in [0.15, 0.2) is 28.8 Å². The number of ketones is 1. The summed E-state index contributed by atoms with van der Waals surface area (Å²) in [6, 6.07) is 19.7. The standard InChI is InChI=1S/C30H38N4O5.C26H30N2O5/c1-32-10-12-33(13-11-32)30(36)8-6-22-5-7-27(29(16-22)37-2)38-14-15-39-28-18-26-23(17-24(28)21-35)20-34-9-3-4-25(34)19-31-26;1-18(30)5-6-19-7-8-24(21(12-19)17-29)32-10-11-33-26-14-23-20(13-25(26)31-2)16-28-9-3-4-22(28)15-27-23/h5-8,16-19,25,35H,3-4,9-15,20-21H2,1-2H3;5-8,12-15,22,29H,3-4,9-11,16-17H2,1-2H3/b8-6+;6-5+/t25-;22-/m00/s1. The molecule has 2 N–H and O–H groups in total. The summed E-state index contributed by atoms with van der Waals surface area (Å²) in [6.45, 7) is 9.60. The van der Waals surface area contributed by atoms with Crippen molar-refractivity contribution in [2.45, 2.75) is 71.0 Å². The highest BCUT2D eigenvalue weighted by atomic mass is 16.5. The second kappa shape index (κ2) is 25.2. The summed E-state index contributed by atoms with van der Waals surface area (Å²) in [7, 11) is 5.30. The van der Waals surface area contributed by atoms with E-state index < -0.39 is 0 Å². The van der Waals surface area contributed by atoms with Crippen LogP contribution >= 0.6 is 0 Å². The molecule has 2 atom stereocenters. The van der Waals surface area contributed by atoms with Crippen molar-refractivity contribution in [3.8, 4) is 34.5 Å². The van der Waals surface area contributed by atoms with Crippen LogP contribution in [-0.4, -0.2) is 153 Å². The van der Waals surface area contributed by atoms with Crippen LogP contribution in [0.25, 0.3) is 12.2 Å². The van der Waals surface area contributed by atoms with Gasteiger partial charge in [-0.15, -0.1) is 0 Å². The summed E-state index contributed by atoms with van der Waals surface area (Å²) >= 11 is 0. The summed E-state index contributed by atoms with van der Waals surface area (Å²) in [5.74, 6) is 3.68. The number of nitrogens with zero attached hydrogens (tertiary/aromatic N) is 6. The molecule has 5 aliphatic heterocycles. The molecule has 5 heterocycles. The Kier molecular flexibility index (Phi) is 18.1. The van der Waals surface area contributed by atoms with E-state index in [1.165, 1.54) is 25.8 Å². The largest absolute Gasteiger partial charge is 0.493 e. The molecule has 72 heavy (non-hydrogen) atoms. The van der Waals surface area contributed by atoms with Crippen LogP contribution in [0.5, 0.6) is 34.5 Å². The third-order valence-electron chi connectivity index (χ3n) is 13.5. The minimum absolute atomic E-state index is 0.0191. The van der Waals surface area contributed by atoms with Crippen molar-refractivity contribution in [1.82, 2.24) is 19.6 Å². The Morgan fingerprint density at radius 3 is 1.72 bits per heavy atom. The second-order valence-electron chi connectivity index (χ2n) is 18.5. The number of piperazine rings is 1. The quantitative estimate of drug-likeness (QED) is 0.0771. The van der Waals surface area contributed by atoms with Crippen molar-refractivity contribution >= 4 is 47.6 Å². The van der Waals surface area contributed by atoms with Gasteiger partial charge in [-0.3, -0.25) is 29.4 Å². The molecule has 3 saturated heterocycles. The number of ether oxygens (including phenoxy) is 6. The van der Waals surface area contributed by atoms with E-state index in [0.717, 1.165) is 104 Å². The topological polar surface area (TPSA) is 168 Å². The number of methoxy groups -OCH3 is 2. The maximum Gasteiger partial charge on any atom is 0.246 e. The number of fused-ring (bicyclic) bond motifs is 4. The molecule has 16 heteroatoms. The van der Waals surface area contributed by atoms with E-state index in [0.29, 0.717) is 78.6 Å². The average Bonchev–Trinajstić information content (AvgIpc) is 3.97. The Hall–Kier alpha value is -6.56. The number of allylic oxidation sites excluding steroid dienone is 1. The molecule has 0 bridgehead atoms. The number of aliphatic hydroxyl groups is 2. The van der Waals surface area contributed by atoms with Crippen molar-refractivity contribution < 1.29 is 48.2 Å².